The molecule has 1 N–H and O–H groups in total. The van der Waals surface area contributed by atoms with Gasteiger partial charge in [-0.05, 0) is 30.7 Å². The number of aromatic nitrogens is 1. The molecule has 0 atom stereocenters. The minimum Gasteiger partial charge on any atom is -0.321 e. The van der Waals surface area contributed by atoms with Gasteiger partial charge >= 0.3 is 0 Å². The van der Waals surface area contributed by atoms with Gasteiger partial charge < -0.3 is 5.32 Å². The first-order valence-electron chi connectivity index (χ1n) is 5.54. The summed E-state index contributed by atoms with van der Waals surface area (Å²) in [5.74, 6) is -0.319. The highest BCUT2D eigenvalue weighted by Crippen LogP contribution is 2.18. The van der Waals surface area contributed by atoms with Crippen LogP contribution in [0.5, 0.6) is 0 Å². The average molecular weight is 257 g/mol. The van der Waals surface area contributed by atoms with Gasteiger partial charge in [0.2, 0.25) is 0 Å². The van der Waals surface area contributed by atoms with E-state index in [2.05, 4.69) is 10.3 Å². The van der Waals surface area contributed by atoms with Crippen LogP contribution in [0.3, 0.4) is 0 Å². The van der Waals surface area contributed by atoms with Crippen molar-refractivity contribution in [1.29, 1.82) is 0 Å². The molecule has 19 heavy (non-hydrogen) atoms. The topological polar surface area (TPSA) is 85.1 Å². The Morgan fingerprint density at radius 2 is 2.16 bits per heavy atom. The lowest BCUT2D eigenvalue weighted by Gasteiger charge is -2.07. The first-order chi connectivity index (χ1) is 9.08. The van der Waals surface area contributed by atoms with Crippen molar-refractivity contribution in [3.63, 3.8) is 0 Å². The number of nitrogens with one attached hydrogen (secondary N) is 1. The first kappa shape index (κ1) is 12.7. The zero-order chi connectivity index (χ0) is 13.8. The van der Waals surface area contributed by atoms with Crippen molar-refractivity contribution in [2.45, 2.75) is 6.92 Å². The molecule has 0 bridgehead atoms. The fourth-order valence-corrected chi connectivity index (χ4v) is 1.65. The highest BCUT2D eigenvalue weighted by Gasteiger charge is 2.13. The van der Waals surface area contributed by atoms with Gasteiger partial charge in [-0.2, -0.15) is 0 Å². The van der Waals surface area contributed by atoms with Crippen LogP contribution in [0.25, 0.3) is 0 Å². The van der Waals surface area contributed by atoms with Gasteiger partial charge in [0, 0.05) is 23.9 Å². The molecule has 6 nitrogen and oxygen atoms in total. The molecule has 0 radical (unpaired) electrons. The molecular weight excluding hydrogens is 246 g/mol. The van der Waals surface area contributed by atoms with Crippen LogP contribution >= 0.6 is 0 Å². The summed E-state index contributed by atoms with van der Waals surface area (Å²) in [5, 5.41) is 13.3. The van der Waals surface area contributed by atoms with Crippen LogP contribution in [0.1, 0.15) is 15.9 Å². The van der Waals surface area contributed by atoms with Crippen molar-refractivity contribution in [2.24, 2.45) is 0 Å². The largest absolute Gasteiger partial charge is 0.321 e. The van der Waals surface area contributed by atoms with E-state index in [9.17, 15) is 14.9 Å². The van der Waals surface area contributed by atoms with Gasteiger partial charge in [-0.3, -0.25) is 19.9 Å². The zero-order valence-electron chi connectivity index (χ0n) is 10.2. The molecule has 0 saturated heterocycles. The fraction of sp³-hybridized carbons (Fsp3) is 0.0769. The van der Waals surface area contributed by atoms with Gasteiger partial charge in [0.25, 0.3) is 11.6 Å². The van der Waals surface area contributed by atoms with E-state index in [1.54, 1.807) is 25.3 Å². The predicted octanol–water partition coefficient (Wildman–Crippen LogP) is 2.55. The predicted molar refractivity (Wildman–Crippen MR) is 70.0 cm³/mol. The highest BCUT2D eigenvalue weighted by molar-refractivity contribution is 6.05. The molecule has 0 fully saturated rings. The lowest BCUT2D eigenvalue weighted by atomic mass is 10.1. The van der Waals surface area contributed by atoms with E-state index >= 15 is 0 Å². The van der Waals surface area contributed by atoms with Gasteiger partial charge in [-0.1, -0.05) is 0 Å². The Hall–Kier alpha value is -2.76. The zero-order valence-corrected chi connectivity index (χ0v) is 10.2. The van der Waals surface area contributed by atoms with Gasteiger partial charge in [-0.15, -0.1) is 0 Å². The number of nitro groups is 1. The Labute approximate surface area is 109 Å². The Morgan fingerprint density at radius 3 is 2.74 bits per heavy atom. The second-order valence-electron chi connectivity index (χ2n) is 3.95. The number of non-ortho nitro benzene ring substituents is 1. The molecule has 2 rings (SSSR count). The summed E-state index contributed by atoms with van der Waals surface area (Å²) in [4.78, 5) is 26.0. The van der Waals surface area contributed by atoms with Crippen LogP contribution in [0.15, 0.2) is 42.7 Å². The van der Waals surface area contributed by atoms with E-state index in [4.69, 9.17) is 0 Å². The van der Waals surface area contributed by atoms with Gasteiger partial charge in [-0.25, -0.2) is 0 Å². The molecule has 1 amide bonds. The SMILES string of the molecule is Cc1cc([N+](=O)[O-])ccc1C(=O)Nc1cccnc1. The number of hydrogen-bond donors (Lipinski definition) is 1. The third-order valence-corrected chi connectivity index (χ3v) is 2.58. The van der Waals surface area contributed by atoms with E-state index in [1.165, 1.54) is 24.4 Å². The number of pyridine rings is 1. The van der Waals surface area contributed by atoms with Gasteiger partial charge in [0.15, 0.2) is 0 Å². The molecule has 0 unspecified atom stereocenters. The third-order valence-electron chi connectivity index (χ3n) is 2.58. The molecule has 0 aliphatic rings. The molecule has 6 heteroatoms. The number of nitrogens with zero attached hydrogens (tertiary/aromatic N) is 2. The smallest absolute Gasteiger partial charge is 0.269 e. The summed E-state index contributed by atoms with van der Waals surface area (Å²) in [6.45, 7) is 1.66. The molecule has 0 aliphatic heterocycles. The Balaban J connectivity index is 2.22. The summed E-state index contributed by atoms with van der Waals surface area (Å²) in [5.41, 5.74) is 1.49. The Bertz CT molecular complexity index is 626. The van der Waals surface area contributed by atoms with Crippen molar-refractivity contribution >= 4 is 17.3 Å². The minimum absolute atomic E-state index is 0.0320. The summed E-state index contributed by atoms with van der Waals surface area (Å²) >= 11 is 0. The van der Waals surface area contributed by atoms with E-state index in [1.807, 2.05) is 0 Å². The molecule has 1 heterocycles. The summed E-state index contributed by atoms with van der Waals surface area (Å²) in [7, 11) is 0. The number of amides is 1. The first-order valence-corrected chi connectivity index (χ1v) is 5.54. The third kappa shape index (κ3) is 2.92. The number of nitro benzene ring substituents is 1. The normalized spacial score (nSPS) is 9.95. The Kier molecular flexibility index (Phi) is 3.51. The van der Waals surface area contributed by atoms with Crippen LogP contribution in [0.4, 0.5) is 11.4 Å². The van der Waals surface area contributed by atoms with Crippen molar-refractivity contribution < 1.29 is 9.72 Å². The number of rotatable bonds is 3. The molecule has 1 aromatic carbocycles. The van der Waals surface area contributed by atoms with E-state index in [0.29, 0.717) is 16.8 Å². The molecular formula is C13H11N3O3. The maximum absolute atomic E-state index is 12.0. The lowest BCUT2D eigenvalue weighted by molar-refractivity contribution is -0.384. The standard InChI is InChI=1S/C13H11N3O3/c1-9-7-11(16(18)19)4-5-12(9)13(17)15-10-3-2-6-14-8-10/h2-8H,1H3,(H,15,17). The highest BCUT2D eigenvalue weighted by atomic mass is 16.6. The van der Waals surface area contributed by atoms with Crippen LogP contribution in [0.2, 0.25) is 0 Å². The van der Waals surface area contributed by atoms with Gasteiger partial charge in [0.05, 0.1) is 16.8 Å². The average Bonchev–Trinajstić information content (AvgIpc) is 2.39. The fourth-order valence-electron chi connectivity index (χ4n) is 1.65. The maximum Gasteiger partial charge on any atom is 0.269 e. The van der Waals surface area contributed by atoms with E-state index < -0.39 is 4.92 Å². The van der Waals surface area contributed by atoms with Crippen LogP contribution in [0, 0.1) is 17.0 Å². The summed E-state index contributed by atoms with van der Waals surface area (Å²) < 4.78 is 0. The van der Waals surface area contributed by atoms with Crippen LogP contribution in [-0.4, -0.2) is 15.8 Å². The molecule has 0 saturated carbocycles. The molecule has 2 aromatic rings. The van der Waals surface area contributed by atoms with Crippen molar-refractivity contribution in [2.75, 3.05) is 5.32 Å². The number of hydrogen-bond acceptors (Lipinski definition) is 4. The second kappa shape index (κ2) is 5.26. The Morgan fingerprint density at radius 1 is 1.37 bits per heavy atom. The molecule has 0 spiro atoms. The van der Waals surface area contributed by atoms with Crippen LogP contribution in [-0.2, 0) is 0 Å². The summed E-state index contributed by atoms with van der Waals surface area (Å²) in [6, 6.07) is 7.55. The summed E-state index contributed by atoms with van der Waals surface area (Å²) in [6.07, 6.45) is 3.13. The molecule has 0 aliphatic carbocycles. The number of carbonyl (C=O) groups excluding carboxylic acids is 1. The molecule has 1 aromatic heterocycles. The van der Waals surface area contributed by atoms with Crippen molar-refractivity contribution in [3.05, 3.63) is 64.0 Å². The van der Waals surface area contributed by atoms with E-state index in [0.717, 1.165) is 0 Å². The van der Waals surface area contributed by atoms with Crippen LogP contribution < -0.4 is 5.32 Å². The number of benzene rings is 1. The van der Waals surface area contributed by atoms with Crippen molar-refractivity contribution in [1.82, 2.24) is 4.98 Å². The van der Waals surface area contributed by atoms with E-state index in [-0.39, 0.29) is 11.6 Å². The second-order valence-corrected chi connectivity index (χ2v) is 3.95. The monoisotopic (exact) mass is 257 g/mol. The minimum atomic E-state index is -0.490. The number of aryl methyl sites for hydroxylation is 1. The van der Waals surface area contributed by atoms with Crippen molar-refractivity contribution in [3.8, 4) is 0 Å². The molecule has 96 valence electrons. The maximum atomic E-state index is 12.0. The van der Waals surface area contributed by atoms with Gasteiger partial charge in [0.1, 0.15) is 0 Å². The number of anilines is 1. The number of carbonyl (C=O) groups is 1. The quantitative estimate of drug-likeness (QED) is 0.676. The lowest BCUT2D eigenvalue weighted by Crippen LogP contribution is -2.13.